The number of hydrogen-bond acceptors (Lipinski definition) is 1. The Balaban J connectivity index is 1.62. The van der Waals surface area contributed by atoms with Crippen molar-refractivity contribution >= 4 is 5.97 Å². The molecule has 0 saturated heterocycles. The predicted molar refractivity (Wildman–Crippen MR) is 73.7 cm³/mol. The molecule has 2 heteroatoms. The molecule has 0 aromatic rings. The first-order valence-corrected chi connectivity index (χ1v) is 8.36. The van der Waals surface area contributed by atoms with Crippen LogP contribution in [0.4, 0.5) is 0 Å². The van der Waals surface area contributed by atoms with E-state index in [1.54, 1.807) is 0 Å². The van der Waals surface area contributed by atoms with Gasteiger partial charge in [-0.15, -0.1) is 0 Å². The van der Waals surface area contributed by atoms with Gasteiger partial charge in [0.05, 0.1) is 0 Å². The minimum Gasteiger partial charge on any atom is -0.481 e. The van der Waals surface area contributed by atoms with Gasteiger partial charge in [0.1, 0.15) is 0 Å². The van der Waals surface area contributed by atoms with E-state index in [9.17, 15) is 9.90 Å². The minimum atomic E-state index is -0.548. The SMILES string of the molecule is O=C(O)CC(C1CCC1)C12CC3CC(CC(C3)C1)C2. The van der Waals surface area contributed by atoms with Crippen molar-refractivity contribution < 1.29 is 9.90 Å². The molecule has 5 aliphatic rings. The normalized spacial score (nSPS) is 46.0. The van der Waals surface area contributed by atoms with Crippen molar-refractivity contribution in [3.05, 3.63) is 0 Å². The van der Waals surface area contributed by atoms with Crippen LogP contribution in [0.25, 0.3) is 0 Å². The van der Waals surface area contributed by atoms with Crippen molar-refractivity contribution in [3.8, 4) is 0 Å². The van der Waals surface area contributed by atoms with Crippen molar-refractivity contribution in [1.29, 1.82) is 0 Å². The van der Waals surface area contributed by atoms with Gasteiger partial charge in [-0.1, -0.05) is 19.3 Å². The number of aliphatic carboxylic acids is 1. The molecule has 5 aliphatic carbocycles. The fourth-order valence-electron chi connectivity index (χ4n) is 6.55. The molecule has 0 spiro atoms. The topological polar surface area (TPSA) is 37.3 Å². The molecule has 0 heterocycles. The second kappa shape index (κ2) is 4.23. The van der Waals surface area contributed by atoms with E-state index in [2.05, 4.69) is 0 Å². The van der Waals surface area contributed by atoms with E-state index in [4.69, 9.17) is 0 Å². The Morgan fingerprint density at radius 1 is 1.05 bits per heavy atom. The second-order valence-electron chi connectivity index (χ2n) is 8.18. The maximum Gasteiger partial charge on any atom is 0.303 e. The van der Waals surface area contributed by atoms with Crippen LogP contribution < -0.4 is 0 Å². The van der Waals surface area contributed by atoms with Crippen LogP contribution in [0.5, 0.6) is 0 Å². The molecule has 4 bridgehead atoms. The summed E-state index contributed by atoms with van der Waals surface area (Å²) in [7, 11) is 0. The largest absolute Gasteiger partial charge is 0.481 e. The van der Waals surface area contributed by atoms with Crippen LogP contribution in [0.3, 0.4) is 0 Å². The van der Waals surface area contributed by atoms with Crippen LogP contribution in [0, 0.1) is 35.0 Å². The van der Waals surface area contributed by atoms with Gasteiger partial charge in [-0.2, -0.15) is 0 Å². The molecule has 0 aliphatic heterocycles. The first kappa shape index (κ1) is 12.2. The number of hydrogen-bond donors (Lipinski definition) is 1. The Hall–Kier alpha value is -0.530. The summed E-state index contributed by atoms with van der Waals surface area (Å²) in [5.74, 6) is 3.54. The van der Waals surface area contributed by atoms with Gasteiger partial charge in [0.2, 0.25) is 0 Å². The zero-order valence-electron chi connectivity index (χ0n) is 11.8. The predicted octanol–water partition coefficient (Wildman–Crippen LogP) is 4.09. The third-order valence-corrected chi connectivity index (χ3v) is 6.99. The number of carboxylic acid groups (broad SMARTS) is 1. The van der Waals surface area contributed by atoms with Crippen molar-refractivity contribution in [3.63, 3.8) is 0 Å². The summed E-state index contributed by atoms with van der Waals surface area (Å²) in [5, 5.41) is 9.35. The van der Waals surface area contributed by atoms with Crippen molar-refractivity contribution in [2.45, 2.75) is 64.2 Å². The fourth-order valence-corrected chi connectivity index (χ4v) is 6.55. The zero-order valence-corrected chi connectivity index (χ0v) is 11.8. The Morgan fingerprint density at radius 2 is 1.58 bits per heavy atom. The van der Waals surface area contributed by atoms with Gasteiger partial charge in [-0.3, -0.25) is 4.79 Å². The average Bonchev–Trinajstić information content (AvgIpc) is 2.23. The van der Waals surface area contributed by atoms with E-state index in [-0.39, 0.29) is 0 Å². The van der Waals surface area contributed by atoms with Crippen LogP contribution in [-0.4, -0.2) is 11.1 Å². The lowest BCUT2D eigenvalue weighted by molar-refractivity contribution is -0.148. The molecule has 5 rings (SSSR count). The summed E-state index contributed by atoms with van der Waals surface area (Å²) in [5.41, 5.74) is 0.443. The quantitative estimate of drug-likeness (QED) is 0.828. The molecule has 1 unspecified atom stereocenters. The smallest absolute Gasteiger partial charge is 0.303 e. The fraction of sp³-hybridized carbons (Fsp3) is 0.941. The first-order valence-electron chi connectivity index (χ1n) is 8.36. The summed E-state index contributed by atoms with van der Waals surface area (Å²) in [4.78, 5) is 11.3. The summed E-state index contributed by atoms with van der Waals surface area (Å²) in [6, 6.07) is 0. The van der Waals surface area contributed by atoms with Crippen LogP contribution in [0.2, 0.25) is 0 Å². The molecule has 0 aromatic carbocycles. The van der Waals surface area contributed by atoms with E-state index >= 15 is 0 Å². The van der Waals surface area contributed by atoms with Crippen LogP contribution >= 0.6 is 0 Å². The monoisotopic (exact) mass is 262 g/mol. The molecular formula is C17H26O2. The molecule has 5 saturated carbocycles. The molecule has 1 atom stereocenters. The van der Waals surface area contributed by atoms with E-state index < -0.39 is 5.97 Å². The van der Waals surface area contributed by atoms with Gasteiger partial charge in [-0.25, -0.2) is 0 Å². The van der Waals surface area contributed by atoms with E-state index in [0.717, 1.165) is 23.7 Å². The maximum absolute atomic E-state index is 11.3. The highest BCUT2D eigenvalue weighted by molar-refractivity contribution is 5.67. The lowest BCUT2D eigenvalue weighted by Gasteiger charge is -2.61. The Bertz CT molecular complexity index is 347. The third-order valence-electron chi connectivity index (χ3n) is 6.99. The van der Waals surface area contributed by atoms with E-state index in [0.29, 0.717) is 17.8 Å². The summed E-state index contributed by atoms with van der Waals surface area (Å²) < 4.78 is 0. The molecular weight excluding hydrogens is 236 g/mol. The lowest BCUT2D eigenvalue weighted by atomic mass is 9.44. The average molecular weight is 262 g/mol. The van der Waals surface area contributed by atoms with Crippen molar-refractivity contribution in [2.24, 2.45) is 35.0 Å². The van der Waals surface area contributed by atoms with Crippen LogP contribution in [-0.2, 0) is 4.79 Å². The summed E-state index contributed by atoms with van der Waals surface area (Å²) in [6.45, 7) is 0. The van der Waals surface area contributed by atoms with Crippen LogP contribution in [0.1, 0.15) is 64.2 Å². The molecule has 0 radical (unpaired) electrons. The van der Waals surface area contributed by atoms with E-state index in [1.807, 2.05) is 0 Å². The Morgan fingerprint density at radius 3 is 1.95 bits per heavy atom. The van der Waals surface area contributed by atoms with Crippen LogP contribution in [0.15, 0.2) is 0 Å². The van der Waals surface area contributed by atoms with Gasteiger partial charge in [-0.05, 0) is 73.5 Å². The maximum atomic E-state index is 11.3. The number of rotatable bonds is 4. The molecule has 0 amide bonds. The first-order chi connectivity index (χ1) is 9.14. The van der Waals surface area contributed by atoms with Gasteiger partial charge in [0.15, 0.2) is 0 Å². The van der Waals surface area contributed by atoms with Gasteiger partial charge >= 0.3 is 5.97 Å². The summed E-state index contributed by atoms with van der Waals surface area (Å²) >= 11 is 0. The number of carbonyl (C=O) groups is 1. The highest BCUT2D eigenvalue weighted by atomic mass is 16.4. The van der Waals surface area contributed by atoms with Crippen molar-refractivity contribution in [2.75, 3.05) is 0 Å². The van der Waals surface area contributed by atoms with Crippen molar-refractivity contribution in [1.82, 2.24) is 0 Å². The Labute approximate surface area is 116 Å². The molecule has 5 fully saturated rings. The number of carboxylic acids is 1. The van der Waals surface area contributed by atoms with Gasteiger partial charge in [0, 0.05) is 6.42 Å². The van der Waals surface area contributed by atoms with E-state index in [1.165, 1.54) is 57.8 Å². The standard InChI is InChI=1S/C17H26O2/c18-16(19)7-15(14-2-1-3-14)17-8-11-4-12(9-17)6-13(5-11)10-17/h11-15H,1-10H2,(H,18,19). The molecule has 1 N–H and O–H groups in total. The Kier molecular flexibility index (Phi) is 2.72. The zero-order chi connectivity index (χ0) is 13.0. The summed E-state index contributed by atoms with van der Waals surface area (Å²) in [6.07, 6.45) is 12.9. The molecule has 106 valence electrons. The lowest BCUT2D eigenvalue weighted by Crippen LogP contribution is -2.52. The minimum absolute atomic E-state index is 0.443. The van der Waals surface area contributed by atoms with Gasteiger partial charge < -0.3 is 5.11 Å². The highest BCUT2D eigenvalue weighted by Gasteiger charge is 2.56. The third kappa shape index (κ3) is 1.94. The molecule has 0 aromatic heterocycles. The second-order valence-corrected chi connectivity index (χ2v) is 8.18. The molecule has 19 heavy (non-hydrogen) atoms. The highest BCUT2D eigenvalue weighted by Crippen LogP contribution is 2.65. The van der Waals surface area contributed by atoms with Gasteiger partial charge in [0.25, 0.3) is 0 Å². The molecule has 2 nitrogen and oxygen atoms in total.